The Labute approximate surface area is 118 Å². The largest absolute Gasteiger partial charge is 0.493 e. The molecule has 0 aliphatic heterocycles. The second-order valence-electron chi connectivity index (χ2n) is 4.08. The average Bonchev–Trinajstić information content (AvgIpc) is 2.39. The fraction of sp³-hybridized carbons (Fsp3) is 0.571. The van der Waals surface area contributed by atoms with Gasteiger partial charge in [-0.15, -0.1) is 0 Å². The van der Waals surface area contributed by atoms with Crippen molar-refractivity contribution in [1.82, 2.24) is 5.32 Å². The van der Waals surface area contributed by atoms with Gasteiger partial charge in [0.2, 0.25) is 0 Å². The Morgan fingerprint density at radius 2 is 2.06 bits per heavy atom. The second-order valence-corrected chi connectivity index (χ2v) is 4.93. The molecule has 4 heteroatoms. The van der Waals surface area contributed by atoms with Gasteiger partial charge < -0.3 is 14.8 Å². The standard InChI is InChI=1S/C14H22BrNO2/c1-3-4-5-9-16-10-11-18-14-12(15)7-6-8-13(14)17-2/h6-8,16H,3-5,9-11H2,1-2H3. The molecule has 0 aliphatic rings. The van der Waals surface area contributed by atoms with Gasteiger partial charge in [-0.2, -0.15) is 0 Å². The van der Waals surface area contributed by atoms with Gasteiger partial charge in [0.05, 0.1) is 11.6 Å². The summed E-state index contributed by atoms with van der Waals surface area (Å²) < 4.78 is 11.9. The Kier molecular flexibility index (Phi) is 7.85. The smallest absolute Gasteiger partial charge is 0.175 e. The van der Waals surface area contributed by atoms with Crippen molar-refractivity contribution in [3.05, 3.63) is 22.7 Å². The molecule has 102 valence electrons. The molecular formula is C14H22BrNO2. The lowest BCUT2D eigenvalue weighted by Gasteiger charge is -2.12. The van der Waals surface area contributed by atoms with Crippen LogP contribution in [0.5, 0.6) is 11.5 Å². The van der Waals surface area contributed by atoms with E-state index in [1.165, 1.54) is 19.3 Å². The quantitative estimate of drug-likeness (QED) is 0.706. The van der Waals surface area contributed by atoms with Crippen molar-refractivity contribution < 1.29 is 9.47 Å². The van der Waals surface area contributed by atoms with Crippen LogP contribution in [0.15, 0.2) is 22.7 Å². The summed E-state index contributed by atoms with van der Waals surface area (Å²) in [5.41, 5.74) is 0. The molecule has 0 aliphatic carbocycles. The number of hydrogen-bond donors (Lipinski definition) is 1. The summed E-state index contributed by atoms with van der Waals surface area (Å²) in [5.74, 6) is 1.53. The molecule has 0 unspecified atom stereocenters. The Morgan fingerprint density at radius 1 is 1.22 bits per heavy atom. The molecule has 0 fully saturated rings. The maximum atomic E-state index is 5.73. The number of unbranched alkanes of at least 4 members (excludes halogenated alkanes) is 2. The van der Waals surface area contributed by atoms with Crippen LogP contribution in [-0.2, 0) is 0 Å². The summed E-state index contributed by atoms with van der Waals surface area (Å²) in [5, 5.41) is 3.37. The predicted molar refractivity (Wildman–Crippen MR) is 78.6 cm³/mol. The third kappa shape index (κ3) is 5.27. The Balaban J connectivity index is 2.26. The third-order valence-corrected chi connectivity index (χ3v) is 3.26. The van der Waals surface area contributed by atoms with Gasteiger partial charge in [-0.3, -0.25) is 0 Å². The molecule has 1 aromatic rings. The summed E-state index contributed by atoms with van der Waals surface area (Å²) in [6.07, 6.45) is 3.77. The van der Waals surface area contributed by atoms with E-state index in [1.807, 2.05) is 18.2 Å². The molecule has 1 aromatic carbocycles. The van der Waals surface area contributed by atoms with E-state index in [9.17, 15) is 0 Å². The van der Waals surface area contributed by atoms with E-state index in [4.69, 9.17) is 9.47 Å². The molecule has 0 saturated heterocycles. The van der Waals surface area contributed by atoms with E-state index in [0.29, 0.717) is 6.61 Å². The van der Waals surface area contributed by atoms with Crippen LogP contribution in [0.3, 0.4) is 0 Å². The van der Waals surface area contributed by atoms with Gasteiger partial charge in [-0.25, -0.2) is 0 Å². The molecule has 0 radical (unpaired) electrons. The summed E-state index contributed by atoms with van der Waals surface area (Å²) in [4.78, 5) is 0. The highest BCUT2D eigenvalue weighted by atomic mass is 79.9. The van der Waals surface area contributed by atoms with Crippen molar-refractivity contribution >= 4 is 15.9 Å². The number of hydrogen-bond acceptors (Lipinski definition) is 3. The number of rotatable bonds is 9. The van der Waals surface area contributed by atoms with Crippen molar-refractivity contribution in [2.45, 2.75) is 26.2 Å². The maximum Gasteiger partial charge on any atom is 0.175 e. The molecular weight excluding hydrogens is 294 g/mol. The van der Waals surface area contributed by atoms with E-state index in [1.54, 1.807) is 7.11 Å². The van der Waals surface area contributed by atoms with Crippen molar-refractivity contribution in [2.75, 3.05) is 26.8 Å². The number of para-hydroxylation sites is 1. The molecule has 1 rings (SSSR count). The first-order valence-corrected chi connectivity index (χ1v) is 7.25. The van der Waals surface area contributed by atoms with Crippen molar-refractivity contribution in [3.8, 4) is 11.5 Å². The number of benzene rings is 1. The van der Waals surface area contributed by atoms with Gasteiger partial charge in [0.1, 0.15) is 6.61 Å². The Hall–Kier alpha value is -0.740. The number of ether oxygens (including phenoxy) is 2. The van der Waals surface area contributed by atoms with Crippen LogP contribution in [0, 0.1) is 0 Å². The minimum absolute atomic E-state index is 0.644. The van der Waals surface area contributed by atoms with Gasteiger partial charge in [-0.05, 0) is 41.0 Å². The van der Waals surface area contributed by atoms with E-state index in [0.717, 1.165) is 29.1 Å². The molecule has 0 saturated carbocycles. The number of methoxy groups -OCH3 is 1. The lowest BCUT2D eigenvalue weighted by molar-refractivity contribution is 0.290. The van der Waals surface area contributed by atoms with Crippen LogP contribution < -0.4 is 14.8 Å². The van der Waals surface area contributed by atoms with Crippen LogP contribution in [0.1, 0.15) is 26.2 Å². The number of nitrogens with one attached hydrogen (secondary N) is 1. The minimum Gasteiger partial charge on any atom is -0.493 e. The van der Waals surface area contributed by atoms with Crippen molar-refractivity contribution in [2.24, 2.45) is 0 Å². The third-order valence-electron chi connectivity index (χ3n) is 2.63. The van der Waals surface area contributed by atoms with Crippen LogP contribution in [-0.4, -0.2) is 26.8 Å². The Morgan fingerprint density at radius 3 is 2.78 bits per heavy atom. The van der Waals surface area contributed by atoms with Crippen LogP contribution in [0.25, 0.3) is 0 Å². The second kappa shape index (κ2) is 9.22. The SMILES string of the molecule is CCCCCNCCOc1c(Br)cccc1OC. The van der Waals surface area contributed by atoms with E-state index in [2.05, 4.69) is 28.2 Å². The molecule has 1 N–H and O–H groups in total. The fourth-order valence-electron chi connectivity index (χ4n) is 1.64. The topological polar surface area (TPSA) is 30.5 Å². The molecule has 3 nitrogen and oxygen atoms in total. The maximum absolute atomic E-state index is 5.73. The van der Waals surface area contributed by atoms with Crippen LogP contribution >= 0.6 is 15.9 Å². The minimum atomic E-state index is 0.644. The van der Waals surface area contributed by atoms with Gasteiger partial charge in [-0.1, -0.05) is 25.8 Å². The zero-order valence-corrected chi connectivity index (χ0v) is 12.8. The summed E-state index contributed by atoms with van der Waals surface area (Å²) in [6.45, 7) is 4.77. The molecule has 0 bridgehead atoms. The zero-order valence-electron chi connectivity index (χ0n) is 11.2. The molecule has 0 atom stereocenters. The summed E-state index contributed by atoms with van der Waals surface area (Å²) in [6, 6.07) is 5.78. The first-order chi connectivity index (χ1) is 8.79. The van der Waals surface area contributed by atoms with Crippen LogP contribution in [0.4, 0.5) is 0 Å². The normalized spacial score (nSPS) is 10.4. The lowest BCUT2D eigenvalue weighted by Crippen LogP contribution is -2.22. The lowest BCUT2D eigenvalue weighted by atomic mass is 10.2. The molecule has 18 heavy (non-hydrogen) atoms. The highest BCUT2D eigenvalue weighted by Crippen LogP contribution is 2.34. The molecule has 0 amide bonds. The summed E-state index contributed by atoms with van der Waals surface area (Å²) in [7, 11) is 1.65. The van der Waals surface area contributed by atoms with Gasteiger partial charge in [0, 0.05) is 6.54 Å². The molecule has 0 aromatic heterocycles. The Bertz CT molecular complexity index is 345. The highest BCUT2D eigenvalue weighted by Gasteiger charge is 2.07. The fourth-order valence-corrected chi connectivity index (χ4v) is 2.10. The van der Waals surface area contributed by atoms with Crippen LogP contribution in [0.2, 0.25) is 0 Å². The predicted octanol–water partition coefficient (Wildman–Crippen LogP) is 3.62. The van der Waals surface area contributed by atoms with Crippen molar-refractivity contribution in [1.29, 1.82) is 0 Å². The molecule has 0 heterocycles. The van der Waals surface area contributed by atoms with Gasteiger partial charge >= 0.3 is 0 Å². The summed E-state index contributed by atoms with van der Waals surface area (Å²) >= 11 is 3.47. The van der Waals surface area contributed by atoms with E-state index >= 15 is 0 Å². The van der Waals surface area contributed by atoms with Crippen molar-refractivity contribution in [3.63, 3.8) is 0 Å². The average molecular weight is 316 g/mol. The van der Waals surface area contributed by atoms with Gasteiger partial charge in [0.15, 0.2) is 11.5 Å². The first-order valence-electron chi connectivity index (χ1n) is 6.45. The van der Waals surface area contributed by atoms with E-state index < -0.39 is 0 Å². The number of halogens is 1. The monoisotopic (exact) mass is 315 g/mol. The van der Waals surface area contributed by atoms with E-state index in [-0.39, 0.29) is 0 Å². The van der Waals surface area contributed by atoms with Gasteiger partial charge in [0.25, 0.3) is 0 Å². The highest BCUT2D eigenvalue weighted by molar-refractivity contribution is 9.10. The zero-order chi connectivity index (χ0) is 13.2. The first kappa shape index (κ1) is 15.3. The molecule has 0 spiro atoms.